The summed E-state index contributed by atoms with van der Waals surface area (Å²) in [5, 5.41) is 0. The molecule has 21 heavy (non-hydrogen) atoms. The summed E-state index contributed by atoms with van der Waals surface area (Å²) in [4.78, 5) is 0.204. The van der Waals surface area contributed by atoms with Crippen molar-refractivity contribution in [2.45, 2.75) is 38.6 Å². The highest BCUT2D eigenvalue weighted by Crippen LogP contribution is 2.24. The second-order valence-electron chi connectivity index (χ2n) is 5.25. The molecule has 3 N–H and O–H groups in total. The van der Waals surface area contributed by atoms with Crippen molar-refractivity contribution in [3.8, 4) is 0 Å². The minimum atomic E-state index is -3.66. The summed E-state index contributed by atoms with van der Waals surface area (Å²) in [6.07, 6.45) is 0. The Labute approximate surface area is 125 Å². The first-order valence-electron chi connectivity index (χ1n) is 6.66. The van der Waals surface area contributed by atoms with Gasteiger partial charge in [0.15, 0.2) is 0 Å². The highest BCUT2D eigenvalue weighted by atomic mass is 32.2. The van der Waals surface area contributed by atoms with Crippen LogP contribution in [0.25, 0.3) is 0 Å². The largest absolute Gasteiger partial charge is 0.465 e. The Morgan fingerprint density at radius 3 is 2.43 bits per heavy atom. The second-order valence-corrected chi connectivity index (χ2v) is 6.93. The van der Waals surface area contributed by atoms with E-state index in [4.69, 9.17) is 10.2 Å². The van der Waals surface area contributed by atoms with E-state index < -0.39 is 16.1 Å². The smallest absolute Gasteiger partial charge is 0.241 e. The van der Waals surface area contributed by atoms with Gasteiger partial charge in [-0.3, -0.25) is 0 Å². The predicted molar refractivity (Wildman–Crippen MR) is 82.5 cm³/mol. The van der Waals surface area contributed by atoms with Crippen molar-refractivity contribution < 1.29 is 12.8 Å². The van der Waals surface area contributed by atoms with E-state index in [9.17, 15) is 8.42 Å². The molecule has 0 aliphatic carbocycles. The van der Waals surface area contributed by atoms with Crippen molar-refractivity contribution in [1.29, 1.82) is 0 Å². The zero-order valence-electron chi connectivity index (χ0n) is 12.6. The van der Waals surface area contributed by atoms with E-state index in [1.165, 1.54) is 6.07 Å². The topological polar surface area (TPSA) is 85.3 Å². The van der Waals surface area contributed by atoms with Crippen LogP contribution in [-0.2, 0) is 10.0 Å². The van der Waals surface area contributed by atoms with Gasteiger partial charge in [0.1, 0.15) is 11.5 Å². The van der Waals surface area contributed by atoms with Crippen LogP contribution >= 0.6 is 0 Å². The molecule has 0 saturated carbocycles. The Kier molecular flexibility index (Phi) is 4.11. The zero-order chi connectivity index (χ0) is 15.8. The average Bonchev–Trinajstić information content (AvgIpc) is 2.80. The van der Waals surface area contributed by atoms with Crippen LogP contribution in [0.2, 0.25) is 0 Å². The van der Waals surface area contributed by atoms with E-state index in [2.05, 4.69) is 4.72 Å². The van der Waals surface area contributed by atoms with Crippen LogP contribution in [0.5, 0.6) is 0 Å². The number of furan rings is 1. The molecule has 0 fully saturated rings. The van der Waals surface area contributed by atoms with Crippen LogP contribution in [0, 0.1) is 20.8 Å². The number of sulfonamides is 1. The number of hydrogen-bond acceptors (Lipinski definition) is 4. The molecule has 0 spiro atoms. The van der Waals surface area contributed by atoms with Crippen LogP contribution < -0.4 is 10.5 Å². The monoisotopic (exact) mass is 308 g/mol. The number of anilines is 1. The molecule has 1 aromatic heterocycles. The number of nitrogens with one attached hydrogen (secondary N) is 1. The lowest BCUT2D eigenvalue weighted by atomic mass is 10.1. The molecular weight excluding hydrogens is 288 g/mol. The van der Waals surface area contributed by atoms with Gasteiger partial charge in [-0.25, -0.2) is 13.1 Å². The van der Waals surface area contributed by atoms with E-state index in [-0.39, 0.29) is 4.90 Å². The fraction of sp³-hybridized carbons (Fsp3) is 0.333. The van der Waals surface area contributed by atoms with Gasteiger partial charge in [-0.15, -0.1) is 0 Å². The summed E-state index contributed by atoms with van der Waals surface area (Å²) in [6, 6.07) is 6.35. The lowest BCUT2D eigenvalue weighted by Gasteiger charge is -2.15. The molecule has 5 nitrogen and oxygen atoms in total. The van der Waals surface area contributed by atoms with Gasteiger partial charge in [0.05, 0.1) is 10.9 Å². The summed E-state index contributed by atoms with van der Waals surface area (Å²) in [6.45, 7) is 7.16. The van der Waals surface area contributed by atoms with Crippen molar-refractivity contribution >= 4 is 15.7 Å². The molecule has 1 aromatic carbocycles. The van der Waals surface area contributed by atoms with Crippen LogP contribution in [-0.4, -0.2) is 8.42 Å². The van der Waals surface area contributed by atoms with Gasteiger partial charge in [0.25, 0.3) is 0 Å². The minimum Gasteiger partial charge on any atom is -0.465 e. The third kappa shape index (κ3) is 3.28. The Morgan fingerprint density at radius 1 is 1.19 bits per heavy atom. The quantitative estimate of drug-likeness (QED) is 0.850. The molecule has 2 rings (SSSR count). The molecule has 0 aliphatic heterocycles. The number of rotatable bonds is 4. The van der Waals surface area contributed by atoms with E-state index in [0.29, 0.717) is 17.0 Å². The van der Waals surface area contributed by atoms with Crippen molar-refractivity contribution in [2.24, 2.45) is 0 Å². The third-order valence-corrected chi connectivity index (χ3v) is 5.12. The average molecular weight is 308 g/mol. The summed E-state index contributed by atoms with van der Waals surface area (Å²) in [7, 11) is -3.66. The summed E-state index contributed by atoms with van der Waals surface area (Å²) < 4.78 is 33.2. The van der Waals surface area contributed by atoms with E-state index in [1.807, 2.05) is 13.8 Å². The standard InChI is InChI=1S/C15H20N2O3S/c1-9-7-13(16)8-15(11(9)3)21(18,19)17-12(4)14-6-5-10(2)20-14/h5-8,12,17H,16H2,1-4H3. The van der Waals surface area contributed by atoms with Crippen molar-refractivity contribution in [3.63, 3.8) is 0 Å². The van der Waals surface area contributed by atoms with Gasteiger partial charge < -0.3 is 10.2 Å². The zero-order valence-corrected chi connectivity index (χ0v) is 13.4. The van der Waals surface area contributed by atoms with E-state index in [0.717, 1.165) is 11.3 Å². The van der Waals surface area contributed by atoms with E-state index in [1.54, 1.807) is 32.0 Å². The first-order chi connectivity index (χ1) is 9.70. The van der Waals surface area contributed by atoms with Gasteiger partial charge in [-0.2, -0.15) is 0 Å². The predicted octanol–water partition coefficient (Wildman–Crippen LogP) is 2.83. The van der Waals surface area contributed by atoms with Crippen molar-refractivity contribution in [3.05, 3.63) is 46.9 Å². The van der Waals surface area contributed by atoms with Gasteiger partial charge >= 0.3 is 0 Å². The normalized spacial score (nSPS) is 13.3. The lowest BCUT2D eigenvalue weighted by molar-refractivity contribution is 0.441. The maximum Gasteiger partial charge on any atom is 0.241 e. The summed E-state index contributed by atoms with van der Waals surface area (Å²) in [5.41, 5.74) is 7.73. The Balaban J connectivity index is 2.35. The maximum atomic E-state index is 12.5. The summed E-state index contributed by atoms with van der Waals surface area (Å²) >= 11 is 0. The molecule has 2 aromatic rings. The fourth-order valence-electron chi connectivity index (χ4n) is 2.17. The lowest BCUT2D eigenvalue weighted by Crippen LogP contribution is -2.27. The van der Waals surface area contributed by atoms with Gasteiger partial charge in [-0.1, -0.05) is 0 Å². The fourth-order valence-corrected chi connectivity index (χ4v) is 3.74. The molecule has 1 heterocycles. The highest BCUT2D eigenvalue weighted by molar-refractivity contribution is 7.89. The maximum absolute atomic E-state index is 12.5. The number of aryl methyl sites for hydroxylation is 2. The minimum absolute atomic E-state index is 0.204. The highest BCUT2D eigenvalue weighted by Gasteiger charge is 2.23. The molecule has 0 saturated heterocycles. The summed E-state index contributed by atoms with van der Waals surface area (Å²) in [5.74, 6) is 1.32. The molecular formula is C15H20N2O3S. The van der Waals surface area contributed by atoms with Gasteiger partial charge in [0, 0.05) is 5.69 Å². The molecule has 0 aliphatic rings. The first kappa shape index (κ1) is 15.6. The Hall–Kier alpha value is -1.79. The third-order valence-electron chi connectivity index (χ3n) is 3.45. The molecule has 0 amide bonds. The Bertz CT molecular complexity index is 763. The Morgan fingerprint density at radius 2 is 1.86 bits per heavy atom. The number of nitrogens with two attached hydrogens (primary N) is 1. The number of benzene rings is 1. The molecule has 1 atom stereocenters. The molecule has 114 valence electrons. The first-order valence-corrected chi connectivity index (χ1v) is 8.14. The van der Waals surface area contributed by atoms with Crippen molar-refractivity contribution in [2.75, 3.05) is 5.73 Å². The van der Waals surface area contributed by atoms with Crippen LogP contribution in [0.4, 0.5) is 5.69 Å². The van der Waals surface area contributed by atoms with Gasteiger partial charge in [0.2, 0.25) is 10.0 Å². The number of hydrogen-bond donors (Lipinski definition) is 2. The molecule has 0 bridgehead atoms. The van der Waals surface area contributed by atoms with E-state index >= 15 is 0 Å². The van der Waals surface area contributed by atoms with Crippen LogP contribution in [0.1, 0.15) is 35.6 Å². The number of nitrogen functional groups attached to an aromatic ring is 1. The van der Waals surface area contributed by atoms with Crippen LogP contribution in [0.15, 0.2) is 33.6 Å². The second kappa shape index (κ2) is 5.54. The molecule has 0 radical (unpaired) electrons. The van der Waals surface area contributed by atoms with Gasteiger partial charge in [-0.05, 0) is 63.1 Å². The van der Waals surface area contributed by atoms with Crippen molar-refractivity contribution in [1.82, 2.24) is 4.72 Å². The SMILES string of the molecule is Cc1ccc(C(C)NS(=O)(=O)c2cc(N)cc(C)c2C)o1. The molecule has 6 heteroatoms. The van der Waals surface area contributed by atoms with Crippen LogP contribution in [0.3, 0.4) is 0 Å². The molecule has 1 unspecified atom stereocenters.